The number of aromatic nitrogens is 1. The Morgan fingerprint density at radius 3 is 2.85 bits per heavy atom. The lowest BCUT2D eigenvalue weighted by Crippen LogP contribution is -1.99. The normalized spacial score (nSPS) is 11.2. The molecule has 0 saturated heterocycles. The second kappa shape index (κ2) is 5.68. The Hall–Kier alpha value is -2.45. The average Bonchev–Trinajstić information content (AvgIpc) is 2.43. The molecule has 0 bridgehead atoms. The summed E-state index contributed by atoms with van der Waals surface area (Å²) in [7, 11) is 0. The number of nitriles is 1. The number of hydrogen-bond acceptors (Lipinski definition) is 4. The average molecular weight is 290 g/mol. The maximum absolute atomic E-state index is 13.1. The number of halogens is 2. The van der Waals surface area contributed by atoms with E-state index in [0.29, 0.717) is 11.4 Å². The lowest BCUT2D eigenvalue weighted by Gasteiger charge is -2.04. The fourth-order valence-corrected chi connectivity index (χ4v) is 1.75. The van der Waals surface area contributed by atoms with Crippen LogP contribution < -0.4 is 0 Å². The van der Waals surface area contributed by atoms with Gasteiger partial charge in [0.25, 0.3) is 0 Å². The van der Waals surface area contributed by atoms with Gasteiger partial charge in [-0.1, -0.05) is 11.6 Å². The molecule has 0 atom stereocenters. The Morgan fingerprint density at radius 1 is 1.45 bits per heavy atom. The van der Waals surface area contributed by atoms with Crippen molar-refractivity contribution in [1.82, 2.24) is 4.98 Å². The molecule has 0 unspecified atom stereocenters. The monoisotopic (exact) mass is 289 g/mol. The summed E-state index contributed by atoms with van der Waals surface area (Å²) in [4.78, 5) is 7.97. The molecular formula is C14H9ClFN3O. The Morgan fingerprint density at radius 2 is 2.20 bits per heavy atom. The van der Waals surface area contributed by atoms with Crippen LogP contribution in [0.5, 0.6) is 5.75 Å². The molecule has 0 aliphatic heterocycles. The number of pyridine rings is 1. The van der Waals surface area contributed by atoms with Crippen molar-refractivity contribution < 1.29 is 9.50 Å². The highest BCUT2D eigenvalue weighted by Gasteiger charge is 2.11. The Kier molecular flexibility index (Phi) is 3.97. The molecule has 1 aromatic heterocycles. The van der Waals surface area contributed by atoms with Crippen LogP contribution in [-0.4, -0.2) is 15.8 Å². The van der Waals surface area contributed by atoms with Crippen molar-refractivity contribution in [3.63, 3.8) is 0 Å². The smallest absolute Gasteiger partial charge is 0.152 e. The second-order valence-corrected chi connectivity index (χ2v) is 4.37. The largest absolute Gasteiger partial charge is 0.505 e. The summed E-state index contributed by atoms with van der Waals surface area (Å²) in [5.41, 5.74) is 0.973. The number of aliphatic imine (C=N–C) groups is 1. The maximum atomic E-state index is 13.1. The minimum Gasteiger partial charge on any atom is -0.505 e. The molecule has 0 fully saturated rings. The third-order valence-corrected chi connectivity index (χ3v) is 2.90. The van der Waals surface area contributed by atoms with Gasteiger partial charge in [-0.15, -0.1) is 0 Å². The van der Waals surface area contributed by atoms with Gasteiger partial charge in [-0.05, 0) is 31.2 Å². The van der Waals surface area contributed by atoms with Gasteiger partial charge in [-0.2, -0.15) is 5.26 Å². The quantitative estimate of drug-likeness (QED) is 0.860. The summed E-state index contributed by atoms with van der Waals surface area (Å²) >= 11 is 5.66. The number of rotatable bonds is 2. The third-order valence-electron chi connectivity index (χ3n) is 2.61. The van der Waals surface area contributed by atoms with E-state index in [-0.39, 0.29) is 22.0 Å². The van der Waals surface area contributed by atoms with Crippen LogP contribution in [0.1, 0.15) is 11.3 Å². The summed E-state index contributed by atoms with van der Waals surface area (Å²) in [5.74, 6) is -0.673. The lowest BCUT2D eigenvalue weighted by molar-refractivity contribution is 0.466. The van der Waals surface area contributed by atoms with Gasteiger partial charge in [-0.3, -0.25) is 4.98 Å². The number of aryl methyl sites for hydroxylation is 1. The van der Waals surface area contributed by atoms with Gasteiger partial charge in [0.2, 0.25) is 0 Å². The Bertz CT molecular complexity index is 738. The zero-order valence-corrected chi connectivity index (χ0v) is 11.2. The predicted octanol–water partition coefficient (Wildman–Crippen LogP) is 3.53. The van der Waals surface area contributed by atoms with Crippen LogP contribution >= 0.6 is 11.6 Å². The van der Waals surface area contributed by atoms with Crippen LogP contribution in [0.15, 0.2) is 35.5 Å². The van der Waals surface area contributed by atoms with Crippen molar-refractivity contribution >= 4 is 23.0 Å². The molecule has 1 aromatic carbocycles. The van der Waals surface area contributed by atoms with E-state index in [1.807, 2.05) is 6.07 Å². The summed E-state index contributed by atoms with van der Waals surface area (Å²) in [6.07, 6.45) is 1.47. The third kappa shape index (κ3) is 2.76. The number of hydrogen-bond donors (Lipinski definition) is 1. The van der Waals surface area contributed by atoms with E-state index in [4.69, 9.17) is 16.9 Å². The SMILES string of the molecule is Cc1nccc(C(C#N)=Nc2ccc(F)c(Cl)c2)c1O. The van der Waals surface area contributed by atoms with E-state index < -0.39 is 5.82 Å². The first-order valence-electron chi connectivity index (χ1n) is 5.61. The van der Waals surface area contributed by atoms with Gasteiger partial charge in [-0.25, -0.2) is 9.38 Å². The van der Waals surface area contributed by atoms with Gasteiger partial charge in [0.1, 0.15) is 17.6 Å². The highest BCUT2D eigenvalue weighted by Crippen LogP contribution is 2.25. The van der Waals surface area contributed by atoms with Crippen LogP contribution in [0.2, 0.25) is 5.02 Å². The highest BCUT2D eigenvalue weighted by atomic mass is 35.5. The molecule has 0 aliphatic carbocycles. The van der Waals surface area contributed by atoms with Gasteiger partial charge >= 0.3 is 0 Å². The maximum Gasteiger partial charge on any atom is 0.152 e. The zero-order valence-electron chi connectivity index (χ0n) is 10.4. The van der Waals surface area contributed by atoms with Crippen molar-refractivity contribution in [2.45, 2.75) is 6.92 Å². The van der Waals surface area contributed by atoms with Crippen molar-refractivity contribution in [3.05, 3.63) is 52.6 Å². The Balaban J connectivity index is 2.52. The zero-order chi connectivity index (χ0) is 14.7. The summed E-state index contributed by atoms with van der Waals surface area (Å²) < 4.78 is 13.1. The standard InChI is InChI=1S/C14H9ClFN3O/c1-8-14(20)10(4-5-18-8)13(7-17)19-9-2-3-12(16)11(15)6-9/h2-6,20H,1H3. The number of aromatic hydroxyl groups is 1. The second-order valence-electron chi connectivity index (χ2n) is 3.96. The molecule has 1 N–H and O–H groups in total. The van der Waals surface area contributed by atoms with E-state index in [1.165, 1.54) is 24.4 Å². The molecule has 1 heterocycles. The van der Waals surface area contributed by atoms with Crippen LogP contribution in [0, 0.1) is 24.1 Å². The molecule has 0 saturated carbocycles. The molecule has 100 valence electrons. The van der Waals surface area contributed by atoms with Crippen molar-refractivity contribution in [3.8, 4) is 11.8 Å². The number of benzene rings is 1. The van der Waals surface area contributed by atoms with Crippen LogP contribution in [0.25, 0.3) is 0 Å². The predicted molar refractivity (Wildman–Crippen MR) is 73.9 cm³/mol. The molecule has 6 heteroatoms. The first-order valence-corrected chi connectivity index (χ1v) is 5.99. The molecular weight excluding hydrogens is 281 g/mol. The molecule has 2 rings (SSSR count). The van der Waals surface area contributed by atoms with E-state index in [0.717, 1.165) is 6.07 Å². The van der Waals surface area contributed by atoms with Crippen molar-refractivity contribution in [2.24, 2.45) is 4.99 Å². The molecule has 0 aliphatic rings. The minimum absolute atomic E-state index is 0.00400. The lowest BCUT2D eigenvalue weighted by atomic mass is 10.1. The van der Waals surface area contributed by atoms with E-state index in [9.17, 15) is 9.50 Å². The molecule has 0 amide bonds. The number of nitrogens with zero attached hydrogens (tertiary/aromatic N) is 3. The van der Waals surface area contributed by atoms with Gasteiger partial charge in [0, 0.05) is 6.20 Å². The summed E-state index contributed by atoms with van der Waals surface area (Å²) in [6.45, 7) is 1.61. The summed E-state index contributed by atoms with van der Waals surface area (Å²) in [6, 6.07) is 7.23. The van der Waals surface area contributed by atoms with Crippen LogP contribution in [0.3, 0.4) is 0 Å². The van der Waals surface area contributed by atoms with Gasteiger partial charge in [0.05, 0.1) is 22.0 Å². The van der Waals surface area contributed by atoms with Crippen LogP contribution in [-0.2, 0) is 0 Å². The topological polar surface area (TPSA) is 69.3 Å². The van der Waals surface area contributed by atoms with Crippen LogP contribution in [0.4, 0.5) is 10.1 Å². The summed E-state index contributed by atoms with van der Waals surface area (Å²) in [5, 5.41) is 19.0. The highest BCUT2D eigenvalue weighted by molar-refractivity contribution is 6.31. The van der Waals surface area contributed by atoms with Gasteiger partial charge in [0.15, 0.2) is 5.71 Å². The van der Waals surface area contributed by atoms with E-state index in [1.54, 1.807) is 6.92 Å². The molecule has 0 radical (unpaired) electrons. The molecule has 2 aromatic rings. The van der Waals surface area contributed by atoms with Crippen molar-refractivity contribution in [2.75, 3.05) is 0 Å². The van der Waals surface area contributed by atoms with E-state index in [2.05, 4.69) is 9.98 Å². The molecule has 4 nitrogen and oxygen atoms in total. The fraction of sp³-hybridized carbons (Fsp3) is 0.0714. The van der Waals surface area contributed by atoms with E-state index >= 15 is 0 Å². The minimum atomic E-state index is -0.563. The van der Waals surface area contributed by atoms with Crippen molar-refractivity contribution in [1.29, 1.82) is 5.26 Å². The van der Waals surface area contributed by atoms with Gasteiger partial charge < -0.3 is 5.11 Å². The molecule has 20 heavy (non-hydrogen) atoms. The first-order chi connectivity index (χ1) is 9.52. The Labute approximate surface area is 119 Å². The molecule has 0 spiro atoms. The first kappa shape index (κ1) is 14.0. The fourth-order valence-electron chi connectivity index (χ4n) is 1.58.